The lowest BCUT2D eigenvalue weighted by Gasteiger charge is -2.09. The Labute approximate surface area is 145 Å². The summed E-state index contributed by atoms with van der Waals surface area (Å²) >= 11 is 0. The van der Waals surface area contributed by atoms with E-state index in [0.717, 1.165) is 11.3 Å². The smallest absolute Gasteiger partial charge is 0.197 e. The number of ether oxygens (including phenoxy) is 3. The summed E-state index contributed by atoms with van der Waals surface area (Å²) in [6, 6.07) is 12.1. The second kappa shape index (κ2) is 7.13. The second-order valence-electron chi connectivity index (χ2n) is 5.30. The van der Waals surface area contributed by atoms with Crippen LogP contribution in [0.2, 0.25) is 0 Å². The summed E-state index contributed by atoms with van der Waals surface area (Å²) in [5.74, 6) is 2.15. The summed E-state index contributed by atoms with van der Waals surface area (Å²) in [5, 5.41) is 0.387. The van der Waals surface area contributed by atoms with Crippen LogP contribution in [0.15, 0.2) is 64.3 Å². The Bertz CT molecular complexity index is 954. The number of fused-ring (bicyclic) bond motifs is 1. The van der Waals surface area contributed by atoms with Crippen LogP contribution in [0, 0.1) is 0 Å². The minimum Gasteiger partial charge on any atom is -0.496 e. The van der Waals surface area contributed by atoms with Gasteiger partial charge in [0, 0.05) is 23.8 Å². The fraction of sp³-hybridized carbons (Fsp3) is 0.150. The van der Waals surface area contributed by atoms with Crippen molar-refractivity contribution in [3.05, 3.63) is 65.3 Å². The van der Waals surface area contributed by atoms with Crippen LogP contribution in [-0.4, -0.2) is 20.8 Å². The zero-order chi connectivity index (χ0) is 17.8. The Morgan fingerprint density at radius 3 is 2.44 bits per heavy atom. The number of hydrogen-bond donors (Lipinski definition) is 0. The SMILES string of the molecule is C=CCOc1ccc(-c2cc(=O)c3c(OC)cc(OC)cc3o2)cc1. The molecule has 0 saturated heterocycles. The highest BCUT2D eigenvalue weighted by atomic mass is 16.5. The second-order valence-corrected chi connectivity index (χ2v) is 5.30. The van der Waals surface area contributed by atoms with Crippen LogP contribution in [0.3, 0.4) is 0 Å². The topological polar surface area (TPSA) is 57.9 Å². The molecule has 0 saturated carbocycles. The van der Waals surface area contributed by atoms with E-state index in [1.165, 1.54) is 13.2 Å². The molecule has 3 aromatic rings. The molecule has 5 nitrogen and oxygen atoms in total. The van der Waals surface area contributed by atoms with Crippen molar-refractivity contribution in [3.63, 3.8) is 0 Å². The fourth-order valence-electron chi connectivity index (χ4n) is 2.52. The molecule has 128 valence electrons. The summed E-state index contributed by atoms with van der Waals surface area (Å²) in [7, 11) is 3.05. The molecule has 25 heavy (non-hydrogen) atoms. The van der Waals surface area contributed by atoms with Gasteiger partial charge in [-0.25, -0.2) is 0 Å². The van der Waals surface area contributed by atoms with Crippen LogP contribution >= 0.6 is 0 Å². The first-order valence-corrected chi connectivity index (χ1v) is 7.70. The Hall–Kier alpha value is -3.21. The van der Waals surface area contributed by atoms with Gasteiger partial charge in [-0.1, -0.05) is 12.7 Å². The highest BCUT2D eigenvalue weighted by Crippen LogP contribution is 2.32. The number of methoxy groups -OCH3 is 2. The highest BCUT2D eigenvalue weighted by molar-refractivity contribution is 5.86. The van der Waals surface area contributed by atoms with Crippen LogP contribution in [0.1, 0.15) is 0 Å². The van der Waals surface area contributed by atoms with Crippen molar-refractivity contribution in [2.24, 2.45) is 0 Å². The van der Waals surface area contributed by atoms with Gasteiger partial charge in [0.15, 0.2) is 5.43 Å². The molecule has 0 aliphatic carbocycles. The molecule has 0 amide bonds. The highest BCUT2D eigenvalue weighted by Gasteiger charge is 2.13. The third-order valence-electron chi connectivity index (χ3n) is 3.73. The third kappa shape index (κ3) is 3.35. The van der Waals surface area contributed by atoms with E-state index >= 15 is 0 Å². The fourth-order valence-corrected chi connectivity index (χ4v) is 2.52. The quantitative estimate of drug-likeness (QED) is 0.635. The summed E-state index contributed by atoms with van der Waals surface area (Å²) in [5.41, 5.74) is 1.00. The molecule has 0 aliphatic heterocycles. The van der Waals surface area contributed by atoms with Gasteiger partial charge in [0.25, 0.3) is 0 Å². The first-order valence-electron chi connectivity index (χ1n) is 7.70. The molecule has 0 radical (unpaired) electrons. The predicted octanol–water partition coefficient (Wildman–Crippen LogP) is 4.04. The third-order valence-corrected chi connectivity index (χ3v) is 3.73. The lowest BCUT2D eigenvalue weighted by atomic mass is 10.1. The van der Waals surface area contributed by atoms with E-state index in [1.54, 1.807) is 25.3 Å². The Morgan fingerprint density at radius 1 is 1.04 bits per heavy atom. The minimum absolute atomic E-state index is 0.178. The summed E-state index contributed by atoms with van der Waals surface area (Å²) in [4.78, 5) is 12.5. The monoisotopic (exact) mass is 338 g/mol. The van der Waals surface area contributed by atoms with Gasteiger partial charge in [-0.15, -0.1) is 0 Å². The van der Waals surface area contributed by atoms with E-state index in [-0.39, 0.29) is 5.43 Å². The van der Waals surface area contributed by atoms with Gasteiger partial charge in [0.1, 0.15) is 40.6 Å². The molecule has 2 aromatic carbocycles. The van der Waals surface area contributed by atoms with E-state index in [9.17, 15) is 4.79 Å². The molecule has 5 heteroatoms. The van der Waals surface area contributed by atoms with Crippen molar-refractivity contribution in [1.29, 1.82) is 0 Å². The predicted molar refractivity (Wildman–Crippen MR) is 96.7 cm³/mol. The number of rotatable bonds is 6. The van der Waals surface area contributed by atoms with Gasteiger partial charge in [-0.2, -0.15) is 0 Å². The maximum absolute atomic E-state index is 12.5. The van der Waals surface area contributed by atoms with Crippen molar-refractivity contribution in [2.75, 3.05) is 20.8 Å². The van der Waals surface area contributed by atoms with Gasteiger partial charge >= 0.3 is 0 Å². The minimum atomic E-state index is -0.178. The van der Waals surface area contributed by atoms with Gasteiger partial charge in [0.2, 0.25) is 0 Å². The molecule has 1 aromatic heterocycles. The summed E-state index contributed by atoms with van der Waals surface area (Å²) < 4.78 is 21.9. The van der Waals surface area contributed by atoms with Crippen LogP contribution in [-0.2, 0) is 0 Å². The molecule has 0 fully saturated rings. The Morgan fingerprint density at radius 2 is 1.80 bits per heavy atom. The number of hydrogen-bond acceptors (Lipinski definition) is 5. The van der Waals surface area contributed by atoms with Crippen LogP contribution in [0.5, 0.6) is 17.2 Å². The molecular formula is C20H18O5. The van der Waals surface area contributed by atoms with Gasteiger partial charge in [-0.3, -0.25) is 4.79 Å². The standard InChI is InChI=1S/C20H18O5/c1-4-9-24-14-7-5-13(6-8-14)17-12-16(21)20-18(23-3)10-15(22-2)11-19(20)25-17/h4-8,10-12H,1,9H2,2-3H3. The van der Waals surface area contributed by atoms with E-state index in [1.807, 2.05) is 24.3 Å². The zero-order valence-corrected chi connectivity index (χ0v) is 14.1. The average Bonchev–Trinajstić information content (AvgIpc) is 2.65. The zero-order valence-electron chi connectivity index (χ0n) is 14.1. The first-order chi connectivity index (χ1) is 12.2. The van der Waals surface area contributed by atoms with Gasteiger partial charge < -0.3 is 18.6 Å². The molecule has 1 heterocycles. The molecule has 0 unspecified atom stereocenters. The average molecular weight is 338 g/mol. The van der Waals surface area contributed by atoms with Crippen molar-refractivity contribution in [1.82, 2.24) is 0 Å². The van der Waals surface area contributed by atoms with E-state index < -0.39 is 0 Å². The van der Waals surface area contributed by atoms with Crippen LogP contribution in [0.4, 0.5) is 0 Å². The normalized spacial score (nSPS) is 10.5. The molecule has 0 spiro atoms. The van der Waals surface area contributed by atoms with Gasteiger partial charge in [-0.05, 0) is 24.3 Å². The van der Waals surface area contributed by atoms with Crippen molar-refractivity contribution in [3.8, 4) is 28.6 Å². The Balaban J connectivity index is 2.08. The largest absolute Gasteiger partial charge is 0.496 e. The molecule has 3 rings (SSSR count). The van der Waals surface area contributed by atoms with E-state index in [2.05, 4.69) is 6.58 Å². The lowest BCUT2D eigenvalue weighted by molar-refractivity contribution is 0.363. The summed E-state index contributed by atoms with van der Waals surface area (Å²) in [6.45, 7) is 4.05. The van der Waals surface area contributed by atoms with E-state index in [4.69, 9.17) is 18.6 Å². The first kappa shape index (κ1) is 16.6. The molecule has 0 bridgehead atoms. The molecular weight excluding hydrogens is 320 g/mol. The van der Waals surface area contributed by atoms with Crippen LogP contribution < -0.4 is 19.6 Å². The molecule has 0 N–H and O–H groups in total. The Kier molecular flexibility index (Phi) is 4.75. The van der Waals surface area contributed by atoms with Crippen molar-refractivity contribution in [2.45, 2.75) is 0 Å². The molecule has 0 aliphatic rings. The summed E-state index contributed by atoms with van der Waals surface area (Å²) in [6.07, 6.45) is 1.68. The number of benzene rings is 2. The van der Waals surface area contributed by atoms with Gasteiger partial charge in [0.05, 0.1) is 14.2 Å². The van der Waals surface area contributed by atoms with Crippen molar-refractivity contribution < 1.29 is 18.6 Å². The maximum atomic E-state index is 12.5. The maximum Gasteiger partial charge on any atom is 0.197 e. The van der Waals surface area contributed by atoms with Crippen LogP contribution in [0.25, 0.3) is 22.3 Å². The molecule has 0 atom stereocenters. The van der Waals surface area contributed by atoms with E-state index in [0.29, 0.717) is 34.8 Å². The lowest BCUT2D eigenvalue weighted by Crippen LogP contribution is -2.03. The van der Waals surface area contributed by atoms with Crippen molar-refractivity contribution >= 4 is 11.0 Å².